The van der Waals surface area contributed by atoms with Crippen molar-refractivity contribution in [1.82, 2.24) is 35.1 Å². The van der Waals surface area contributed by atoms with E-state index >= 15 is 0 Å². The Labute approximate surface area is 262 Å². The van der Waals surface area contributed by atoms with Crippen LogP contribution in [0.3, 0.4) is 0 Å². The molecule has 3 atom stereocenters. The number of aromatic nitrogens is 4. The number of sulfonamides is 1. The Kier molecular flexibility index (Phi) is 10.1. The van der Waals surface area contributed by atoms with Gasteiger partial charge in [0.1, 0.15) is 23.2 Å². The molecule has 4 rings (SSSR count). The van der Waals surface area contributed by atoms with Gasteiger partial charge in [-0.1, -0.05) is 44.7 Å². The van der Waals surface area contributed by atoms with Gasteiger partial charge in [-0.2, -0.15) is 4.72 Å². The fourth-order valence-electron chi connectivity index (χ4n) is 4.62. The van der Waals surface area contributed by atoms with Crippen LogP contribution in [-0.4, -0.2) is 96.5 Å². The molecule has 0 radical (unpaired) electrons. The van der Waals surface area contributed by atoms with Crippen molar-refractivity contribution < 1.29 is 37.8 Å². The summed E-state index contributed by atoms with van der Waals surface area (Å²) >= 11 is 2.56. The maximum Gasteiger partial charge on any atom is 0.352 e. The zero-order valence-corrected chi connectivity index (χ0v) is 26.8. The number of nitrogens with one attached hydrogen (secondary N) is 2. The molecule has 4 N–H and O–H groups in total. The summed E-state index contributed by atoms with van der Waals surface area (Å²) in [6.07, 6.45) is -0.309. The molecule has 44 heavy (non-hydrogen) atoms. The Morgan fingerprint density at radius 3 is 2.43 bits per heavy atom. The Morgan fingerprint density at radius 1 is 1.18 bits per heavy atom. The average Bonchev–Trinajstić information content (AvgIpc) is 3.37. The highest BCUT2D eigenvalue weighted by molar-refractivity contribution is 8.01. The molecule has 1 fully saturated rings. The maximum atomic E-state index is 12.9. The van der Waals surface area contributed by atoms with Crippen molar-refractivity contribution in [2.24, 2.45) is 7.05 Å². The third-order valence-electron chi connectivity index (χ3n) is 7.05. The number of tetrazole rings is 1. The molecule has 15 nitrogen and oxygen atoms in total. The number of fused-ring (bicyclic) bond motifs is 1. The highest BCUT2D eigenvalue weighted by Gasteiger charge is 2.54. The van der Waals surface area contributed by atoms with Crippen molar-refractivity contribution >= 4 is 57.3 Å². The molecule has 1 saturated heterocycles. The van der Waals surface area contributed by atoms with Crippen LogP contribution in [0.1, 0.15) is 45.6 Å². The number of carbonyl (C=O) groups is 4. The molecule has 0 saturated carbocycles. The molecular weight excluding hydrogens is 635 g/mol. The molecule has 2 unspecified atom stereocenters. The van der Waals surface area contributed by atoms with E-state index in [1.54, 1.807) is 19.2 Å². The predicted molar refractivity (Wildman–Crippen MR) is 160 cm³/mol. The zero-order valence-electron chi connectivity index (χ0n) is 24.4. The molecular formula is C26H33N7O8S3. The topological polar surface area (TPSA) is 214 Å². The van der Waals surface area contributed by atoms with Crippen molar-refractivity contribution in [3.8, 4) is 0 Å². The van der Waals surface area contributed by atoms with Gasteiger partial charge < -0.3 is 15.5 Å². The van der Waals surface area contributed by atoms with Gasteiger partial charge in [-0.3, -0.25) is 19.3 Å². The lowest BCUT2D eigenvalue weighted by Gasteiger charge is -2.49. The van der Waals surface area contributed by atoms with Crippen LogP contribution in [0, 0.1) is 0 Å². The lowest BCUT2D eigenvalue weighted by atomic mass is 9.87. The number of nitrogens with zero attached hydrogens (tertiary/aromatic N) is 5. The lowest BCUT2D eigenvalue weighted by molar-refractivity contribution is -0.150. The van der Waals surface area contributed by atoms with E-state index in [9.17, 15) is 37.8 Å². The van der Waals surface area contributed by atoms with Gasteiger partial charge in [0.05, 0.1) is 4.90 Å². The molecule has 0 aliphatic carbocycles. The van der Waals surface area contributed by atoms with Gasteiger partial charge in [0, 0.05) is 25.0 Å². The van der Waals surface area contributed by atoms with Gasteiger partial charge in [-0.05, 0) is 52.0 Å². The number of hydrogen-bond donors (Lipinski definition) is 4. The molecule has 18 heteroatoms. The van der Waals surface area contributed by atoms with Gasteiger partial charge in [-0.25, -0.2) is 17.9 Å². The van der Waals surface area contributed by atoms with Crippen molar-refractivity contribution in [2.45, 2.75) is 73.0 Å². The summed E-state index contributed by atoms with van der Waals surface area (Å²) < 4.78 is 29.3. The largest absolute Gasteiger partial charge is 0.480 e. The second-order valence-electron chi connectivity index (χ2n) is 11.3. The van der Waals surface area contributed by atoms with Crippen LogP contribution in [0.4, 0.5) is 0 Å². The van der Waals surface area contributed by atoms with Crippen LogP contribution in [0.5, 0.6) is 0 Å². The molecule has 0 bridgehead atoms. The van der Waals surface area contributed by atoms with Crippen LogP contribution in [0.25, 0.3) is 0 Å². The van der Waals surface area contributed by atoms with Crippen LogP contribution in [0.15, 0.2) is 45.6 Å². The quantitative estimate of drug-likeness (QED) is 0.173. The number of thioether (sulfide) groups is 2. The number of carbonyl (C=O) groups excluding carboxylic acids is 2. The van der Waals surface area contributed by atoms with E-state index in [1.807, 2.05) is 20.8 Å². The van der Waals surface area contributed by atoms with E-state index in [-0.39, 0.29) is 41.0 Å². The molecule has 2 aromatic rings. The summed E-state index contributed by atoms with van der Waals surface area (Å²) in [5.41, 5.74) is 1.13. The molecule has 0 spiro atoms. The first-order chi connectivity index (χ1) is 20.6. The molecule has 2 aliphatic heterocycles. The molecule has 1 aromatic carbocycles. The number of hydrogen-bond acceptors (Lipinski definition) is 11. The monoisotopic (exact) mass is 667 g/mol. The first kappa shape index (κ1) is 33.4. The Balaban J connectivity index is 1.30. The highest BCUT2D eigenvalue weighted by atomic mass is 32.2. The van der Waals surface area contributed by atoms with E-state index in [2.05, 4.69) is 25.6 Å². The fraction of sp³-hybridized carbons (Fsp3) is 0.500. The van der Waals surface area contributed by atoms with Crippen molar-refractivity contribution in [3.63, 3.8) is 0 Å². The van der Waals surface area contributed by atoms with Crippen LogP contribution in [0.2, 0.25) is 0 Å². The van der Waals surface area contributed by atoms with E-state index in [0.29, 0.717) is 16.5 Å². The standard InChI is InChI=1S/C26H33N7O8S3/c1-26(2,3)15-8-10-16(11-9-15)44(40,41)29-17(23(36)37)6-5-7-18(34)27-19-21(35)33-20(24(38)39)14(12-42-22(19)33)13-43-25-28-30-31-32(25)4/h8-11,17,19,22,29H,5-7,12-13H2,1-4H3,(H,27,34)(H,36,37)(H,38,39)/t17?,19?,22-/m0/s1. The summed E-state index contributed by atoms with van der Waals surface area (Å²) in [7, 11) is -2.48. The first-order valence-electron chi connectivity index (χ1n) is 13.5. The maximum absolute atomic E-state index is 12.9. The molecule has 3 heterocycles. The van der Waals surface area contributed by atoms with Crippen LogP contribution in [-0.2, 0) is 41.7 Å². The minimum Gasteiger partial charge on any atom is -0.480 e. The number of rotatable bonds is 13. The Bertz CT molecular complexity index is 1580. The number of aryl methyl sites for hydroxylation is 1. The smallest absolute Gasteiger partial charge is 0.352 e. The van der Waals surface area contributed by atoms with Gasteiger partial charge >= 0.3 is 11.9 Å². The first-order valence-corrected chi connectivity index (χ1v) is 17.0. The average molecular weight is 668 g/mol. The fourth-order valence-corrected chi connectivity index (χ4v) is 8.18. The van der Waals surface area contributed by atoms with Crippen LogP contribution >= 0.6 is 23.5 Å². The Hall–Kier alpha value is -3.48. The summed E-state index contributed by atoms with van der Waals surface area (Å²) in [6.45, 7) is 5.95. The van der Waals surface area contributed by atoms with Crippen molar-refractivity contribution in [1.29, 1.82) is 0 Å². The predicted octanol–water partition coefficient (Wildman–Crippen LogP) is 0.940. The summed E-state index contributed by atoms with van der Waals surface area (Å²) in [5, 5.41) is 33.1. The number of benzene rings is 1. The minimum absolute atomic E-state index is 0.0231. The van der Waals surface area contributed by atoms with E-state index in [1.165, 1.54) is 40.3 Å². The second kappa shape index (κ2) is 13.3. The number of carboxylic acids is 2. The van der Waals surface area contributed by atoms with Gasteiger partial charge in [0.25, 0.3) is 5.91 Å². The third-order valence-corrected chi connectivity index (χ3v) is 11.0. The molecule has 2 amide bonds. The summed E-state index contributed by atoms with van der Waals surface area (Å²) in [4.78, 5) is 50.5. The molecule has 2 aliphatic rings. The zero-order chi connectivity index (χ0) is 32.4. The summed E-state index contributed by atoms with van der Waals surface area (Å²) in [5.74, 6) is -3.17. The van der Waals surface area contributed by atoms with Gasteiger partial charge in [0.2, 0.25) is 21.1 Å². The Morgan fingerprint density at radius 2 is 1.86 bits per heavy atom. The normalized spacial score (nSPS) is 19.3. The van der Waals surface area contributed by atoms with Crippen molar-refractivity contribution in [3.05, 3.63) is 41.1 Å². The lowest BCUT2D eigenvalue weighted by Crippen LogP contribution is -2.70. The molecule has 1 aromatic heterocycles. The van der Waals surface area contributed by atoms with Crippen LogP contribution < -0.4 is 10.0 Å². The van der Waals surface area contributed by atoms with E-state index in [4.69, 9.17) is 0 Å². The number of carboxylic acid groups (broad SMARTS) is 2. The third kappa shape index (κ3) is 7.41. The number of aliphatic carboxylic acids is 2. The minimum atomic E-state index is -4.14. The molecule has 238 valence electrons. The van der Waals surface area contributed by atoms with Gasteiger partial charge in [0.15, 0.2) is 0 Å². The highest BCUT2D eigenvalue weighted by Crippen LogP contribution is 2.41. The SMILES string of the molecule is Cn1nnnc1SCC1=C(C(=O)O)N2C(=O)C(NC(=O)CCCC(NS(=O)(=O)c3ccc(C(C)(C)C)cc3)C(=O)O)[C@@H]2SC1. The van der Waals surface area contributed by atoms with Crippen molar-refractivity contribution in [2.75, 3.05) is 11.5 Å². The van der Waals surface area contributed by atoms with E-state index in [0.717, 1.165) is 10.5 Å². The number of β-lactam (4-membered cyclic amide) rings is 1. The second-order valence-corrected chi connectivity index (χ2v) is 15.0. The summed E-state index contributed by atoms with van der Waals surface area (Å²) in [6, 6.07) is 3.77. The van der Waals surface area contributed by atoms with Gasteiger partial charge in [-0.15, -0.1) is 16.9 Å². The number of amides is 2. The van der Waals surface area contributed by atoms with E-state index < -0.39 is 51.2 Å².